The first-order chi connectivity index (χ1) is 34.2. The van der Waals surface area contributed by atoms with Gasteiger partial charge < -0.3 is 39.4 Å². The number of fused-ring (bicyclic) bond motifs is 7. The Hall–Kier alpha value is -7.10. The van der Waals surface area contributed by atoms with Crippen molar-refractivity contribution in [1.29, 1.82) is 0 Å². The molecule has 0 unspecified atom stereocenters. The van der Waals surface area contributed by atoms with E-state index in [9.17, 15) is 19.2 Å². The smallest absolute Gasteiger partial charge is 0.410 e. The SMILES string of the molecule is CCOC(=O)[C@@H]1C[C@@]2([C@@]34C[C@@H](C(=O)OCC)N(C(=O)[C@H](Cc5ccccc5)N(C)C(=O)OC(C)(C)C)[C@@H]3Nc3ccccc34)c3ccccc3N[C@H]2N1C(=O)[C@H](Cc1ccccc1)N(C)C(=O)OC(C)(C)C. The van der Waals surface area contributed by atoms with Gasteiger partial charge in [-0.2, -0.15) is 0 Å². The maximum Gasteiger partial charge on any atom is 0.410 e. The van der Waals surface area contributed by atoms with Crippen molar-refractivity contribution < 1.29 is 47.7 Å². The minimum absolute atomic E-state index is 0.0175. The van der Waals surface area contributed by atoms with Crippen molar-refractivity contribution in [3.63, 3.8) is 0 Å². The quantitative estimate of drug-likeness (QED) is 0.0991. The lowest BCUT2D eigenvalue weighted by molar-refractivity contribution is -0.155. The molecule has 4 aliphatic rings. The van der Waals surface area contributed by atoms with Crippen molar-refractivity contribution in [1.82, 2.24) is 19.6 Å². The van der Waals surface area contributed by atoms with Crippen molar-refractivity contribution in [2.75, 3.05) is 37.9 Å². The van der Waals surface area contributed by atoms with Crippen LogP contribution in [0.2, 0.25) is 0 Å². The van der Waals surface area contributed by atoms with E-state index in [1.807, 2.05) is 109 Å². The summed E-state index contributed by atoms with van der Waals surface area (Å²) in [6.45, 7) is 13.9. The van der Waals surface area contributed by atoms with Crippen LogP contribution in [0, 0.1) is 0 Å². The van der Waals surface area contributed by atoms with Gasteiger partial charge in [0.15, 0.2) is 0 Å². The van der Waals surface area contributed by atoms with Crippen molar-refractivity contribution in [3.05, 3.63) is 131 Å². The number of anilines is 2. The van der Waals surface area contributed by atoms with Gasteiger partial charge in [0.2, 0.25) is 11.8 Å². The number of nitrogens with one attached hydrogen (secondary N) is 2. The van der Waals surface area contributed by atoms with Gasteiger partial charge in [0.1, 0.15) is 47.7 Å². The molecule has 0 saturated carbocycles. The highest BCUT2D eigenvalue weighted by molar-refractivity contribution is 5.95. The maximum atomic E-state index is 16.1. The number of para-hydroxylation sites is 2. The fourth-order valence-corrected chi connectivity index (χ4v) is 11.5. The van der Waals surface area contributed by atoms with E-state index in [-0.39, 0.29) is 38.9 Å². The largest absolute Gasteiger partial charge is 0.464 e. The first-order valence-corrected chi connectivity index (χ1v) is 24.9. The minimum Gasteiger partial charge on any atom is -0.464 e. The molecule has 16 heteroatoms. The number of likely N-dealkylation sites (tertiary alicyclic amines) is 2. The molecule has 72 heavy (non-hydrogen) atoms. The average Bonchev–Trinajstić information content (AvgIpc) is 4.06. The molecule has 382 valence electrons. The number of carbonyl (C=O) groups excluding carboxylic acids is 6. The Bertz CT molecular complexity index is 2510. The standard InChI is InChI=1S/C56H68N6O10/c1-11-69-47(65)43-33-55(37-27-19-21-29-39(37)57-49(55)61(43)45(63)41(31-35-23-15-13-16-24-35)59(9)51(67)71-53(3,4)5)56-34-44(48(66)70-12-2)62(50(56)58-40-30-22-20-28-38(40)56)46(64)42(32-36-25-17-14-18-26-36)60(10)52(68)72-54(6,7)8/h13-30,41-44,49-50,57-58H,11-12,31-34H2,1-10H3/t41-,42-,43-,44-,49-,50-,55+,56+/m0/s1. The molecule has 4 aromatic rings. The molecule has 2 fully saturated rings. The number of rotatable bonds is 13. The van der Waals surface area contributed by atoms with Crippen LogP contribution >= 0.6 is 0 Å². The molecule has 0 radical (unpaired) electrons. The molecule has 4 heterocycles. The summed E-state index contributed by atoms with van der Waals surface area (Å²) in [5.41, 5.74) is 0.00923. The number of carbonyl (C=O) groups is 6. The fraction of sp³-hybridized carbons (Fsp3) is 0.464. The Morgan fingerprint density at radius 1 is 0.556 bits per heavy atom. The van der Waals surface area contributed by atoms with Crippen LogP contribution in [-0.2, 0) is 61.8 Å². The molecule has 0 aromatic heterocycles. The van der Waals surface area contributed by atoms with E-state index in [0.717, 1.165) is 22.3 Å². The Labute approximate surface area is 422 Å². The van der Waals surface area contributed by atoms with Crippen LogP contribution in [0.25, 0.3) is 0 Å². The molecule has 0 spiro atoms. The molecule has 4 aliphatic heterocycles. The van der Waals surface area contributed by atoms with E-state index in [1.165, 1.54) is 33.7 Å². The van der Waals surface area contributed by atoms with Gasteiger partial charge in [-0.15, -0.1) is 0 Å². The minimum atomic E-state index is -1.31. The second-order valence-electron chi connectivity index (χ2n) is 21.2. The normalized spacial score (nSPS) is 23.5. The number of likely N-dealkylation sites (N-methyl/N-ethyl adjacent to an activating group) is 2. The van der Waals surface area contributed by atoms with Gasteiger partial charge in [0.25, 0.3) is 0 Å². The van der Waals surface area contributed by atoms with E-state index < -0.39 is 94.5 Å². The van der Waals surface area contributed by atoms with Crippen molar-refractivity contribution in [2.24, 2.45) is 0 Å². The van der Waals surface area contributed by atoms with Gasteiger partial charge in [-0.1, -0.05) is 97.1 Å². The van der Waals surface area contributed by atoms with E-state index in [4.69, 9.17) is 18.9 Å². The van der Waals surface area contributed by atoms with Crippen molar-refractivity contribution in [2.45, 2.75) is 140 Å². The van der Waals surface area contributed by atoms with Gasteiger partial charge in [-0.05, 0) is 103 Å². The Balaban J connectivity index is 1.35. The summed E-state index contributed by atoms with van der Waals surface area (Å²) in [7, 11) is 3.05. The number of nitrogens with zero attached hydrogens (tertiary/aromatic N) is 4. The van der Waals surface area contributed by atoms with E-state index in [0.29, 0.717) is 11.4 Å². The number of amides is 4. The molecule has 0 aliphatic carbocycles. The predicted octanol–water partition coefficient (Wildman–Crippen LogP) is 7.65. The average molecular weight is 985 g/mol. The zero-order valence-electron chi connectivity index (χ0n) is 43.0. The molecule has 2 saturated heterocycles. The first-order valence-electron chi connectivity index (χ1n) is 24.9. The topological polar surface area (TPSA) is 176 Å². The zero-order chi connectivity index (χ0) is 51.9. The van der Waals surface area contributed by atoms with Gasteiger partial charge in [0, 0.05) is 38.3 Å². The molecular weight excluding hydrogens is 917 g/mol. The molecule has 16 nitrogen and oxygen atoms in total. The second kappa shape index (κ2) is 19.8. The van der Waals surface area contributed by atoms with E-state index >= 15 is 9.59 Å². The fourth-order valence-electron chi connectivity index (χ4n) is 11.5. The summed E-state index contributed by atoms with van der Waals surface area (Å²) < 4.78 is 23.5. The first kappa shape index (κ1) is 51.3. The lowest BCUT2D eigenvalue weighted by atomic mass is 9.54. The Morgan fingerprint density at radius 3 is 1.22 bits per heavy atom. The number of benzene rings is 4. The molecule has 2 N–H and O–H groups in total. The van der Waals surface area contributed by atoms with Gasteiger partial charge in [-0.3, -0.25) is 19.4 Å². The molecule has 4 aromatic carbocycles. The second-order valence-corrected chi connectivity index (χ2v) is 21.2. The van der Waals surface area contributed by atoms with Gasteiger partial charge in [0.05, 0.1) is 24.0 Å². The molecule has 8 atom stereocenters. The summed E-state index contributed by atoms with van der Waals surface area (Å²) >= 11 is 0. The van der Waals surface area contributed by atoms with Crippen LogP contribution < -0.4 is 10.6 Å². The number of ether oxygens (including phenoxy) is 4. The molecule has 0 bridgehead atoms. The van der Waals surface area contributed by atoms with Crippen LogP contribution in [0.15, 0.2) is 109 Å². The zero-order valence-corrected chi connectivity index (χ0v) is 43.0. The summed E-state index contributed by atoms with van der Waals surface area (Å²) in [4.78, 5) is 95.8. The highest BCUT2D eigenvalue weighted by Gasteiger charge is 2.77. The Morgan fingerprint density at radius 2 is 0.889 bits per heavy atom. The summed E-state index contributed by atoms with van der Waals surface area (Å²) in [5.74, 6) is -2.39. The Kier molecular flexibility index (Phi) is 14.1. The highest BCUT2D eigenvalue weighted by atomic mass is 16.6. The summed E-state index contributed by atoms with van der Waals surface area (Å²) in [6.07, 6.45) is -3.39. The van der Waals surface area contributed by atoms with E-state index in [1.54, 1.807) is 55.4 Å². The van der Waals surface area contributed by atoms with Crippen LogP contribution in [0.1, 0.15) is 90.5 Å². The third kappa shape index (κ3) is 9.19. The van der Waals surface area contributed by atoms with Crippen LogP contribution in [-0.4, -0.2) is 131 Å². The van der Waals surface area contributed by atoms with Crippen LogP contribution in [0.4, 0.5) is 21.0 Å². The third-order valence-electron chi connectivity index (χ3n) is 14.4. The molecular formula is C56H68N6O10. The number of hydrogen-bond donors (Lipinski definition) is 2. The monoisotopic (exact) mass is 984 g/mol. The lowest BCUT2D eigenvalue weighted by Crippen LogP contribution is -2.64. The number of hydrogen-bond acceptors (Lipinski definition) is 12. The highest BCUT2D eigenvalue weighted by Crippen LogP contribution is 2.68. The van der Waals surface area contributed by atoms with Crippen molar-refractivity contribution >= 4 is 47.3 Å². The van der Waals surface area contributed by atoms with Gasteiger partial charge in [-0.25, -0.2) is 19.2 Å². The lowest BCUT2D eigenvalue weighted by Gasteiger charge is -2.48. The van der Waals surface area contributed by atoms with Gasteiger partial charge >= 0.3 is 24.1 Å². The van der Waals surface area contributed by atoms with Crippen LogP contribution in [0.5, 0.6) is 0 Å². The van der Waals surface area contributed by atoms with Crippen LogP contribution in [0.3, 0.4) is 0 Å². The summed E-state index contributed by atoms with van der Waals surface area (Å²) in [6, 6.07) is 29.2. The van der Waals surface area contributed by atoms with Crippen molar-refractivity contribution in [3.8, 4) is 0 Å². The number of esters is 2. The summed E-state index contributed by atoms with van der Waals surface area (Å²) in [5, 5.41) is 7.41. The molecule has 8 rings (SSSR count). The molecule has 4 amide bonds. The third-order valence-corrected chi connectivity index (χ3v) is 14.4. The predicted molar refractivity (Wildman–Crippen MR) is 271 cm³/mol. The maximum absolute atomic E-state index is 16.1. The van der Waals surface area contributed by atoms with E-state index in [2.05, 4.69) is 10.6 Å².